The molecule has 0 fully saturated rings. The van der Waals surface area contributed by atoms with Crippen molar-refractivity contribution in [3.63, 3.8) is 0 Å². The highest BCUT2D eigenvalue weighted by atomic mass is 35.5. The quantitative estimate of drug-likeness (QED) is 0.783. The molecule has 0 aliphatic heterocycles. The minimum atomic E-state index is 0.557. The second-order valence-electron chi connectivity index (χ2n) is 5.12. The van der Waals surface area contributed by atoms with Gasteiger partial charge in [0.05, 0.1) is 11.0 Å². The highest BCUT2D eigenvalue weighted by Gasteiger charge is 2.12. The molecular formula is C17H18ClN3. The van der Waals surface area contributed by atoms with Crippen LogP contribution in [-0.4, -0.2) is 9.55 Å². The predicted molar refractivity (Wildman–Crippen MR) is 88.4 cm³/mol. The standard InChI is InChI=1S/C17H18ClN3/c1-2-9-21-16-10-14(18)7-8-15(16)20-17(21)13-5-3-12(11-19)4-6-13/h3-8,10H,2,9,11,19H2,1H3. The third-order valence-corrected chi connectivity index (χ3v) is 3.84. The number of hydrogen-bond acceptors (Lipinski definition) is 2. The van der Waals surface area contributed by atoms with Gasteiger partial charge in [0.25, 0.3) is 0 Å². The lowest BCUT2D eigenvalue weighted by Crippen LogP contribution is -2.00. The van der Waals surface area contributed by atoms with E-state index in [2.05, 4.69) is 35.8 Å². The van der Waals surface area contributed by atoms with E-state index in [4.69, 9.17) is 22.3 Å². The van der Waals surface area contributed by atoms with E-state index in [9.17, 15) is 0 Å². The van der Waals surface area contributed by atoms with Crippen molar-refractivity contribution in [1.29, 1.82) is 0 Å². The number of nitrogens with zero attached hydrogens (tertiary/aromatic N) is 2. The van der Waals surface area contributed by atoms with Gasteiger partial charge in [-0.25, -0.2) is 4.98 Å². The highest BCUT2D eigenvalue weighted by molar-refractivity contribution is 6.31. The van der Waals surface area contributed by atoms with E-state index in [0.717, 1.165) is 46.0 Å². The van der Waals surface area contributed by atoms with Crippen LogP contribution in [0.5, 0.6) is 0 Å². The van der Waals surface area contributed by atoms with Gasteiger partial charge in [-0.15, -0.1) is 0 Å². The van der Waals surface area contributed by atoms with Crippen LogP contribution in [-0.2, 0) is 13.1 Å². The lowest BCUT2D eigenvalue weighted by molar-refractivity contribution is 0.704. The summed E-state index contributed by atoms with van der Waals surface area (Å²) in [6.45, 7) is 3.64. The van der Waals surface area contributed by atoms with Gasteiger partial charge in [-0.2, -0.15) is 0 Å². The summed E-state index contributed by atoms with van der Waals surface area (Å²) in [5.74, 6) is 0.984. The molecule has 108 valence electrons. The molecule has 0 aliphatic carbocycles. The second-order valence-corrected chi connectivity index (χ2v) is 5.56. The molecular weight excluding hydrogens is 282 g/mol. The number of benzene rings is 2. The van der Waals surface area contributed by atoms with E-state index in [1.165, 1.54) is 0 Å². The third kappa shape index (κ3) is 2.67. The van der Waals surface area contributed by atoms with Crippen molar-refractivity contribution in [2.75, 3.05) is 0 Å². The van der Waals surface area contributed by atoms with E-state index in [-0.39, 0.29) is 0 Å². The van der Waals surface area contributed by atoms with Gasteiger partial charge in [-0.3, -0.25) is 0 Å². The third-order valence-electron chi connectivity index (χ3n) is 3.61. The van der Waals surface area contributed by atoms with Crippen LogP contribution in [0.25, 0.3) is 22.4 Å². The Balaban J connectivity index is 2.17. The van der Waals surface area contributed by atoms with Crippen LogP contribution >= 0.6 is 11.6 Å². The minimum Gasteiger partial charge on any atom is -0.326 e. The van der Waals surface area contributed by atoms with Crippen LogP contribution in [0.1, 0.15) is 18.9 Å². The van der Waals surface area contributed by atoms with Gasteiger partial charge in [0.15, 0.2) is 0 Å². The maximum atomic E-state index is 6.13. The fraction of sp³-hybridized carbons (Fsp3) is 0.235. The van der Waals surface area contributed by atoms with Crippen LogP contribution in [0.2, 0.25) is 5.02 Å². The zero-order chi connectivity index (χ0) is 14.8. The van der Waals surface area contributed by atoms with Gasteiger partial charge in [0.2, 0.25) is 0 Å². The predicted octanol–water partition coefficient (Wildman–Crippen LogP) is 4.23. The van der Waals surface area contributed by atoms with Gasteiger partial charge in [-0.05, 0) is 30.2 Å². The molecule has 0 atom stereocenters. The first-order valence-corrected chi connectivity index (χ1v) is 7.56. The largest absolute Gasteiger partial charge is 0.326 e. The van der Waals surface area contributed by atoms with Crippen molar-refractivity contribution in [1.82, 2.24) is 9.55 Å². The van der Waals surface area contributed by atoms with Crippen LogP contribution < -0.4 is 5.73 Å². The number of hydrogen-bond donors (Lipinski definition) is 1. The van der Waals surface area contributed by atoms with Crippen LogP contribution in [0.15, 0.2) is 42.5 Å². The fourth-order valence-electron chi connectivity index (χ4n) is 2.56. The maximum absolute atomic E-state index is 6.13. The molecule has 0 saturated heterocycles. The minimum absolute atomic E-state index is 0.557. The molecule has 0 amide bonds. The van der Waals surface area contributed by atoms with E-state index in [0.29, 0.717) is 6.54 Å². The number of aryl methyl sites for hydroxylation is 1. The number of nitrogens with two attached hydrogens (primary N) is 1. The summed E-state index contributed by atoms with van der Waals surface area (Å²) in [7, 11) is 0. The molecule has 4 heteroatoms. The summed E-state index contributed by atoms with van der Waals surface area (Å²) >= 11 is 6.13. The first kappa shape index (κ1) is 14.1. The van der Waals surface area contributed by atoms with E-state index < -0.39 is 0 Å². The molecule has 2 aromatic carbocycles. The van der Waals surface area contributed by atoms with Crippen molar-refractivity contribution in [3.8, 4) is 11.4 Å². The molecule has 0 radical (unpaired) electrons. The van der Waals surface area contributed by atoms with Crippen LogP contribution in [0.4, 0.5) is 0 Å². The van der Waals surface area contributed by atoms with Crippen LogP contribution in [0, 0.1) is 0 Å². The number of imidazole rings is 1. The van der Waals surface area contributed by atoms with Gasteiger partial charge >= 0.3 is 0 Å². The Labute approximate surface area is 129 Å². The first-order valence-electron chi connectivity index (χ1n) is 7.18. The van der Waals surface area contributed by atoms with E-state index in [1.807, 2.05) is 18.2 Å². The SMILES string of the molecule is CCCn1c(-c2ccc(CN)cc2)nc2ccc(Cl)cc21. The second kappa shape index (κ2) is 5.88. The number of fused-ring (bicyclic) bond motifs is 1. The summed E-state index contributed by atoms with van der Waals surface area (Å²) in [5, 5.41) is 0.741. The summed E-state index contributed by atoms with van der Waals surface area (Å²) < 4.78 is 2.23. The number of aromatic nitrogens is 2. The van der Waals surface area contributed by atoms with Gasteiger partial charge in [0, 0.05) is 23.7 Å². The number of halogens is 1. The molecule has 0 unspecified atom stereocenters. The Kier molecular flexibility index (Phi) is 3.95. The molecule has 0 aliphatic rings. The summed E-state index contributed by atoms with van der Waals surface area (Å²) in [6, 6.07) is 14.1. The summed E-state index contributed by atoms with van der Waals surface area (Å²) in [5.41, 5.74) is 9.95. The van der Waals surface area contributed by atoms with E-state index in [1.54, 1.807) is 0 Å². The molecule has 0 saturated carbocycles. The normalized spacial score (nSPS) is 11.2. The van der Waals surface area contributed by atoms with Crippen molar-refractivity contribution in [2.24, 2.45) is 5.73 Å². The molecule has 0 spiro atoms. The van der Waals surface area contributed by atoms with Crippen molar-refractivity contribution >= 4 is 22.6 Å². The molecule has 0 bridgehead atoms. The Bertz CT molecular complexity index is 760. The Morgan fingerprint density at radius 1 is 1.14 bits per heavy atom. The molecule has 3 aromatic rings. The van der Waals surface area contributed by atoms with Crippen LogP contribution in [0.3, 0.4) is 0 Å². The fourth-order valence-corrected chi connectivity index (χ4v) is 2.72. The Morgan fingerprint density at radius 2 is 1.90 bits per heavy atom. The van der Waals surface area contributed by atoms with Gasteiger partial charge in [-0.1, -0.05) is 42.8 Å². The Hall–Kier alpha value is -1.84. The molecule has 1 heterocycles. The molecule has 3 nitrogen and oxygen atoms in total. The number of rotatable bonds is 4. The zero-order valence-electron chi connectivity index (χ0n) is 12.0. The van der Waals surface area contributed by atoms with Gasteiger partial charge in [0.1, 0.15) is 5.82 Å². The average Bonchev–Trinajstić information content (AvgIpc) is 2.86. The topological polar surface area (TPSA) is 43.8 Å². The van der Waals surface area contributed by atoms with Crippen molar-refractivity contribution in [3.05, 3.63) is 53.1 Å². The lowest BCUT2D eigenvalue weighted by atomic mass is 10.1. The zero-order valence-corrected chi connectivity index (χ0v) is 12.8. The first-order chi connectivity index (χ1) is 10.2. The van der Waals surface area contributed by atoms with Crippen molar-refractivity contribution < 1.29 is 0 Å². The Morgan fingerprint density at radius 3 is 2.57 bits per heavy atom. The molecule has 21 heavy (non-hydrogen) atoms. The monoisotopic (exact) mass is 299 g/mol. The summed E-state index contributed by atoms with van der Waals surface area (Å²) in [4.78, 5) is 4.77. The smallest absolute Gasteiger partial charge is 0.141 e. The molecule has 3 rings (SSSR count). The molecule has 1 aromatic heterocycles. The van der Waals surface area contributed by atoms with Gasteiger partial charge < -0.3 is 10.3 Å². The summed E-state index contributed by atoms with van der Waals surface area (Å²) in [6.07, 6.45) is 1.05. The maximum Gasteiger partial charge on any atom is 0.141 e. The highest BCUT2D eigenvalue weighted by Crippen LogP contribution is 2.27. The lowest BCUT2D eigenvalue weighted by Gasteiger charge is -2.08. The average molecular weight is 300 g/mol. The van der Waals surface area contributed by atoms with E-state index >= 15 is 0 Å². The molecule has 2 N–H and O–H groups in total. The van der Waals surface area contributed by atoms with Crippen molar-refractivity contribution in [2.45, 2.75) is 26.4 Å².